The second-order valence-electron chi connectivity index (χ2n) is 5.62. The van der Waals surface area contributed by atoms with Crippen molar-refractivity contribution < 1.29 is 0 Å². The van der Waals surface area contributed by atoms with Gasteiger partial charge < -0.3 is 10.2 Å². The Bertz CT molecular complexity index is 391. The first-order chi connectivity index (χ1) is 9.19. The van der Waals surface area contributed by atoms with Crippen LogP contribution in [0.25, 0.3) is 0 Å². The molecule has 1 unspecified atom stereocenters. The molecular weight excluding hydrogens is 236 g/mol. The highest BCUT2D eigenvalue weighted by Crippen LogP contribution is 2.17. The highest BCUT2D eigenvalue weighted by atomic mass is 15.2. The molecule has 2 rings (SSSR count). The van der Waals surface area contributed by atoms with E-state index in [1.807, 2.05) is 6.20 Å². The molecule has 1 saturated heterocycles. The SMILES string of the molecule is CCCNc1cc(CN2CCC(N(C)C)C2)ccn1. The van der Waals surface area contributed by atoms with E-state index in [4.69, 9.17) is 0 Å². The van der Waals surface area contributed by atoms with E-state index in [0.717, 1.165) is 25.3 Å². The predicted octanol–water partition coefficient (Wildman–Crippen LogP) is 2.04. The van der Waals surface area contributed by atoms with Crippen LogP contribution in [0.15, 0.2) is 18.3 Å². The van der Waals surface area contributed by atoms with Crippen molar-refractivity contribution in [1.82, 2.24) is 14.8 Å². The smallest absolute Gasteiger partial charge is 0.126 e. The second-order valence-corrected chi connectivity index (χ2v) is 5.62. The molecule has 1 fully saturated rings. The average Bonchev–Trinajstić information content (AvgIpc) is 2.85. The van der Waals surface area contributed by atoms with E-state index in [-0.39, 0.29) is 0 Å². The number of anilines is 1. The van der Waals surface area contributed by atoms with Crippen LogP contribution >= 0.6 is 0 Å². The van der Waals surface area contributed by atoms with Crippen LogP contribution in [-0.4, -0.2) is 54.6 Å². The number of aromatic nitrogens is 1. The largest absolute Gasteiger partial charge is 0.370 e. The first-order valence-corrected chi connectivity index (χ1v) is 7.26. The summed E-state index contributed by atoms with van der Waals surface area (Å²) in [5.41, 5.74) is 1.35. The van der Waals surface area contributed by atoms with Crippen LogP contribution in [0.5, 0.6) is 0 Å². The van der Waals surface area contributed by atoms with Crippen molar-refractivity contribution in [3.63, 3.8) is 0 Å². The molecule has 1 aliphatic heterocycles. The number of nitrogens with one attached hydrogen (secondary N) is 1. The Kier molecular flexibility index (Phi) is 5.16. The van der Waals surface area contributed by atoms with E-state index in [1.54, 1.807) is 0 Å². The normalized spacial score (nSPS) is 20.1. The molecule has 1 aromatic rings. The van der Waals surface area contributed by atoms with Crippen molar-refractivity contribution in [3.05, 3.63) is 23.9 Å². The van der Waals surface area contributed by atoms with Crippen LogP contribution in [0.2, 0.25) is 0 Å². The second kappa shape index (κ2) is 6.87. The summed E-state index contributed by atoms with van der Waals surface area (Å²) in [5.74, 6) is 1.00. The molecule has 0 spiro atoms. The molecule has 1 N–H and O–H groups in total. The van der Waals surface area contributed by atoms with Crippen LogP contribution < -0.4 is 5.32 Å². The van der Waals surface area contributed by atoms with Gasteiger partial charge in [0.25, 0.3) is 0 Å². The molecule has 0 amide bonds. The summed E-state index contributed by atoms with van der Waals surface area (Å²) in [4.78, 5) is 9.22. The van der Waals surface area contributed by atoms with Crippen molar-refractivity contribution in [2.75, 3.05) is 39.0 Å². The van der Waals surface area contributed by atoms with Crippen LogP contribution in [-0.2, 0) is 6.54 Å². The van der Waals surface area contributed by atoms with Gasteiger partial charge in [0.15, 0.2) is 0 Å². The first-order valence-electron chi connectivity index (χ1n) is 7.26. The lowest BCUT2D eigenvalue weighted by atomic mass is 10.2. The molecule has 0 aliphatic carbocycles. The number of rotatable bonds is 6. The van der Waals surface area contributed by atoms with Gasteiger partial charge in [-0.3, -0.25) is 4.90 Å². The molecule has 0 aromatic carbocycles. The summed E-state index contributed by atoms with van der Waals surface area (Å²) >= 11 is 0. The third-order valence-electron chi connectivity index (χ3n) is 3.76. The van der Waals surface area contributed by atoms with Gasteiger partial charge in [-0.15, -0.1) is 0 Å². The number of hydrogen-bond acceptors (Lipinski definition) is 4. The number of likely N-dealkylation sites (tertiary alicyclic amines) is 1. The minimum atomic E-state index is 0.708. The maximum Gasteiger partial charge on any atom is 0.126 e. The van der Waals surface area contributed by atoms with E-state index in [1.165, 1.54) is 25.1 Å². The van der Waals surface area contributed by atoms with Crippen LogP contribution in [0.3, 0.4) is 0 Å². The summed E-state index contributed by atoms with van der Waals surface area (Å²) in [7, 11) is 4.35. The Hall–Kier alpha value is -1.13. The minimum Gasteiger partial charge on any atom is -0.370 e. The fourth-order valence-corrected chi connectivity index (χ4v) is 2.56. The molecule has 1 aliphatic rings. The summed E-state index contributed by atoms with van der Waals surface area (Å²) < 4.78 is 0. The number of likely N-dealkylation sites (N-methyl/N-ethyl adjacent to an activating group) is 1. The maximum absolute atomic E-state index is 4.36. The first kappa shape index (κ1) is 14.3. The molecule has 4 nitrogen and oxygen atoms in total. The summed E-state index contributed by atoms with van der Waals surface area (Å²) in [5, 5.41) is 3.35. The third-order valence-corrected chi connectivity index (χ3v) is 3.76. The molecule has 1 aromatic heterocycles. The van der Waals surface area contributed by atoms with Gasteiger partial charge in [0.05, 0.1) is 0 Å². The van der Waals surface area contributed by atoms with Gasteiger partial charge in [-0.25, -0.2) is 4.98 Å². The summed E-state index contributed by atoms with van der Waals surface area (Å²) in [6.45, 7) is 6.56. The lowest BCUT2D eigenvalue weighted by Crippen LogP contribution is -2.31. The minimum absolute atomic E-state index is 0.708. The number of hydrogen-bond donors (Lipinski definition) is 1. The molecule has 1 atom stereocenters. The predicted molar refractivity (Wildman–Crippen MR) is 80.4 cm³/mol. The van der Waals surface area contributed by atoms with Gasteiger partial charge in [-0.2, -0.15) is 0 Å². The van der Waals surface area contributed by atoms with Crippen LogP contribution in [0.4, 0.5) is 5.82 Å². The standard InChI is InChI=1S/C15H26N4/c1-4-7-16-15-10-13(5-8-17-15)11-19-9-6-14(12-19)18(2)3/h5,8,10,14H,4,6-7,9,11-12H2,1-3H3,(H,16,17). The van der Waals surface area contributed by atoms with Crippen LogP contribution in [0, 0.1) is 0 Å². The van der Waals surface area contributed by atoms with Crippen molar-refractivity contribution in [3.8, 4) is 0 Å². The zero-order valence-corrected chi connectivity index (χ0v) is 12.4. The molecule has 19 heavy (non-hydrogen) atoms. The average molecular weight is 262 g/mol. The number of pyridine rings is 1. The van der Waals surface area contributed by atoms with E-state index in [9.17, 15) is 0 Å². The zero-order valence-electron chi connectivity index (χ0n) is 12.4. The molecule has 4 heteroatoms. The summed E-state index contributed by atoms with van der Waals surface area (Å²) in [6, 6.07) is 5.01. The van der Waals surface area contributed by atoms with E-state index >= 15 is 0 Å². The lowest BCUT2D eigenvalue weighted by molar-refractivity contribution is 0.264. The van der Waals surface area contributed by atoms with Crippen molar-refractivity contribution >= 4 is 5.82 Å². The zero-order chi connectivity index (χ0) is 13.7. The van der Waals surface area contributed by atoms with Gasteiger partial charge in [0.1, 0.15) is 5.82 Å². The fraction of sp³-hybridized carbons (Fsp3) is 0.667. The number of nitrogens with zero attached hydrogens (tertiary/aromatic N) is 3. The topological polar surface area (TPSA) is 31.4 Å². The Morgan fingerprint density at radius 1 is 1.47 bits per heavy atom. The molecule has 0 saturated carbocycles. The molecule has 2 heterocycles. The molecule has 0 radical (unpaired) electrons. The van der Waals surface area contributed by atoms with Crippen LogP contribution in [0.1, 0.15) is 25.3 Å². The van der Waals surface area contributed by atoms with Gasteiger partial charge >= 0.3 is 0 Å². The van der Waals surface area contributed by atoms with E-state index < -0.39 is 0 Å². The highest BCUT2D eigenvalue weighted by Gasteiger charge is 2.23. The van der Waals surface area contributed by atoms with E-state index in [0.29, 0.717) is 6.04 Å². The quantitative estimate of drug-likeness (QED) is 0.850. The molecular formula is C15H26N4. The molecule has 0 bridgehead atoms. The van der Waals surface area contributed by atoms with Crippen molar-refractivity contribution in [2.45, 2.75) is 32.4 Å². The Labute approximate surface area is 116 Å². The van der Waals surface area contributed by atoms with Crippen molar-refractivity contribution in [2.24, 2.45) is 0 Å². The van der Waals surface area contributed by atoms with Gasteiger partial charge in [0.2, 0.25) is 0 Å². The van der Waals surface area contributed by atoms with Gasteiger partial charge in [-0.05, 0) is 44.6 Å². The fourth-order valence-electron chi connectivity index (χ4n) is 2.56. The summed E-state index contributed by atoms with van der Waals surface area (Å²) in [6.07, 6.45) is 4.31. The van der Waals surface area contributed by atoms with Gasteiger partial charge in [0, 0.05) is 38.4 Å². The monoisotopic (exact) mass is 262 g/mol. The Balaban J connectivity index is 1.89. The van der Waals surface area contributed by atoms with E-state index in [2.05, 4.69) is 53.3 Å². The van der Waals surface area contributed by atoms with Crippen molar-refractivity contribution in [1.29, 1.82) is 0 Å². The third kappa shape index (κ3) is 4.18. The Morgan fingerprint density at radius 2 is 2.32 bits per heavy atom. The van der Waals surface area contributed by atoms with Gasteiger partial charge in [-0.1, -0.05) is 6.92 Å². The highest BCUT2D eigenvalue weighted by molar-refractivity contribution is 5.37. The molecule has 106 valence electrons. The maximum atomic E-state index is 4.36. The lowest BCUT2D eigenvalue weighted by Gasteiger charge is -2.20. The Morgan fingerprint density at radius 3 is 3.00 bits per heavy atom.